The Morgan fingerprint density at radius 1 is 0.966 bits per heavy atom. The molecule has 29 heavy (non-hydrogen) atoms. The molecule has 0 fully saturated rings. The fourth-order valence-corrected chi connectivity index (χ4v) is 4.10. The van der Waals surface area contributed by atoms with Crippen molar-refractivity contribution in [2.45, 2.75) is 25.3 Å². The average molecular weight is 418 g/mol. The van der Waals surface area contributed by atoms with Gasteiger partial charge in [-0.25, -0.2) is 12.7 Å². The molecule has 0 radical (unpaired) electrons. The molecular weight excluding hydrogens is 390 g/mol. The van der Waals surface area contributed by atoms with E-state index in [1.54, 1.807) is 58.3 Å². The molecular formula is C21H27N3O4S. The molecule has 0 heterocycles. The molecule has 0 aliphatic heterocycles. The molecule has 156 valence electrons. The molecule has 1 N–H and O–H groups in total. The first-order chi connectivity index (χ1) is 13.5. The third-order valence-electron chi connectivity index (χ3n) is 4.83. The Hall–Kier alpha value is -2.71. The Balaban J connectivity index is 2.30. The van der Waals surface area contributed by atoms with E-state index in [4.69, 9.17) is 0 Å². The number of nitrogens with one attached hydrogen (secondary N) is 1. The molecule has 0 aliphatic carbocycles. The Morgan fingerprint density at radius 3 is 2.07 bits per heavy atom. The molecule has 7 nitrogen and oxygen atoms in total. The number of aryl methyl sites for hydroxylation is 1. The van der Waals surface area contributed by atoms with Gasteiger partial charge in [-0.15, -0.1) is 0 Å². The zero-order valence-electron chi connectivity index (χ0n) is 17.6. The minimum atomic E-state index is -3.66. The van der Waals surface area contributed by atoms with Gasteiger partial charge in [0.1, 0.15) is 0 Å². The molecule has 0 saturated carbocycles. The Bertz CT molecular complexity index is 1030. The van der Waals surface area contributed by atoms with Gasteiger partial charge in [0.05, 0.1) is 4.90 Å². The third-order valence-corrected chi connectivity index (χ3v) is 6.78. The number of benzene rings is 2. The van der Waals surface area contributed by atoms with Crippen molar-refractivity contribution >= 4 is 21.8 Å². The second-order valence-corrected chi connectivity index (χ2v) is 9.26. The van der Waals surface area contributed by atoms with Crippen molar-refractivity contribution in [3.8, 4) is 0 Å². The number of hydrogen-bond donors (Lipinski definition) is 1. The van der Waals surface area contributed by atoms with Crippen LogP contribution in [0.2, 0.25) is 0 Å². The normalized spacial score (nSPS) is 11.4. The first-order valence-corrected chi connectivity index (χ1v) is 10.5. The second-order valence-electron chi connectivity index (χ2n) is 7.14. The lowest BCUT2D eigenvalue weighted by Crippen LogP contribution is -2.28. The number of hydrogen-bond acceptors (Lipinski definition) is 4. The minimum Gasteiger partial charge on any atom is -0.355 e. The van der Waals surface area contributed by atoms with E-state index in [9.17, 15) is 18.0 Å². The highest BCUT2D eigenvalue weighted by molar-refractivity contribution is 7.89. The summed E-state index contributed by atoms with van der Waals surface area (Å²) in [5, 5.41) is 2.56. The van der Waals surface area contributed by atoms with Crippen LogP contribution in [0.1, 0.15) is 37.4 Å². The van der Waals surface area contributed by atoms with Gasteiger partial charge >= 0.3 is 0 Å². The smallest absolute Gasteiger partial charge is 0.253 e. The van der Waals surface area contributed by atoms with Gasteiger partial charge in [-0.3, -0.25) is 9.59 Å². The van der Waals surface area contributed by atoms with Crippen LogP contribution in [0.25, 0.3) is 0 Å². The van der Waals surface area contributed by atoms with Crippen LogP contribution in [0.4, 0.5) is 0 Å². The Labute approximate surface area is 172 Å². The lowest BCUT2D eigenvalue weighted by molar-refractivity contribution is 0.0784. The van der Waals surface area contributed by atoms with E-state index in [1.165, 1.54) is 25.1 Å². The minimum absolute atomic E-state index is 0.134. The summed E-state index contributed by atoms with van der Waals surface area (Å²) in [6.07, 6.45) is 0. The predicted molar refractivity (Wildman–Crippen MR) is 112 cm³/mol. The highest BCUT2D eigenvalue weighted by Crippen LogP contribution is 2.24. The molecule has 2 aromatic carbocycles. The number of carbonyl (C=O) groups is 2. The molecule has 0 saturated heterocycles. The first kappa shape index (κ1) is 22.6. The van der Waals surface area contributed by atoms with Crippen LogP contribution in [0.5, 0.6) is 0 Å². The van der Waals surface area contributed by atoms with Crippen LogP contribution in [0.15, 0.2) is 41.3 Å². The van der Waals surface area contributed by atoms with Crippen molar-refractivity contribution in [3.63, 3.8) is 0 Å². The average Bonchev–Trinajstić information content (AvgIpc) is 2.68. The van der Waals surface area contributed by atoms with E-state index in [0.29, 0.717) is 23.2 Å². The van der Waals surface area contributed by atoms with E-state index in [1.807, 2.05) is 0 Å². The number of carbonyl (C=O) groups excluding carboxylic acids is 2. The van der Waals surface area contributed by atoms with Gasteiger partial charge in [0.15, 0.2) is 0 Å². The highest BCUT2D eigenvalue weighted by atomic mass is 32.2. The fourth-order valence-electron chi connectivity index (χ4n) is 2.89. The molecule has 0 atom stereocenters. The molecule has 0 aliphatic rings. The van der Waals surface area contributed by atoms with E-state index in [-0.39, 0.29) is 16.7 Å². The van der Waals surface area contributed by atoms with Crippen molar-refractivity contribution in [3.05, 3.63) is 64.2 Å². The van der Waals surface area contributed by atoms with Gasteiger partial charge in [0, 0.05) is 45.9 Å². The molecule has 2 amide bonds. The summed E-state index contributed by atoms with van der Waals surface area (Å²) in [5.74, 6) is -0.454. The maximum atomic E-state index is 12.9. The maximum Gasteiger partial charge on any atom is 0.253 e. The number of sulfonamides is 1. The zero-order chi connectivity index (χ0) is 21.9. The van der Waals surface area contributed by atoms with Crippen molar-refractivity contribution in [1.29, 1.82) is 0 Å². The van der Waals surface area contributed by atoms with Crippen molar-refractivity contribution in [2.75, 3.05) is 28.2 Å². The van der Waals surface area contributed by atoms with Crippen LogP contribution in [-0.2, 0) is 16.6 Å². The number of nitrogens with zero attached hydrogens (tertiary/aromatic N) is 2. The zero-order valence-corrected chi connectivity index (χ0v) is 18.4. The summed E-state index contributed by atoms with van der Waals surface area (Å²) >= 11 is 0. The van der Waals surface area contributed by atoms with Crippen molar-refractivity contribution in [2.24, 2.45) is 0 Å². The molecule has 8 heteroatoms. The molecule has 0 bridgehead atoms. The van der Waals surface area contributed by atoms with E-state index < -0.39 is 10.0 Å². The highest BCUT2D eigenvalue weighted by Gasteiger charge is 2.24. The van der Waals surface area contributed by atoms with Crippen LogP contribution in [0, 0.1) is 13.8 Å². The van der Waals surface area contributed by atoms with Crippen LogP contribution in [-0.4, -0.2) is 57.6 Å². The second kappa shape index (κ2) is 8.75. The molecule has 0 aromatic heterocycles. The predicted octanol–water partition coefficient (Wildman–Crippen LogP) is 2.19. The summed E-state index contributed by atoms with van der Waals surface area (Å²) in [7, 11) is 2.49. The van der Waals surface area contributed by atoms with Crippen LogP contribution in [0.3, 0.4) is 0 Å². The first-order valence-electron chi connectivity index (χ1n) is 9.09. The summed E-state index contributed by atoms with van der Waals surface area (Å²) in [5.41, 5.74) is 3.08. The largest absolute Gasteiger partial charge is 0.355 e. The van der Waals surface area contributed by atoms with Gasteiger partial charge in [-0.1, -0.05) is 12.1 Å². The molecule has 0 spiro atoms. The summed E-state index contributed by atoms with van der Waals surface area (Å²) in [4.78, 5) is 26.2. The van der Waals surface area contributed by atoms with Crippen LogP contribution >= 0.6 is 0 Å². The van der Waals surface area contributed by atoms with Gasteiger partial charge in [-0.05, 0) is 54.8 Å². The monoisotopic (exact) mass is 417 g/mol. The number of amides is 2. The summed E-state index contributed by atoms with van der Waals surface area (Å²) < 4.78 is 26.4. The van der Waals surface area contributed by atoms with E-state index >= 15 is 0 Å². The van der Waals surface area contributed by atoms with Gasteiger partial charge < -0.3 is 10.2 Å². The summed E-state index contributed by atoms with van der Waals surface area (Å²) in [6, 6.07) is 10.1. The van der Waals surface area contributed by atoms with Crippen molar-refractivity contribution in [1.82, 2.24) is 14.5 Å². The number of rotatable bonds is 6. The topological polar surface area (TPSA) is 86.8 Å². The molecule has 2 rings (SSSR count). The van der Waals surface area contributed by atoms with Gasteiger partial charge in [-0.2, -0.15) is 0 Å². The Kier molecular flexibility index (Phi) is 6.81. The fraction of sp³-hybridized carbons (Fsp3) is 0.333. The SMILES string of the molecule is CNC(=O)c1ccc(CN(C)C(=O)c2cc(C)c(C)c(S(=O)(=O)N(C)C)c2)cc1. The van der Waals surface area contributed by atoms with E-state index in [0.717, 1.165) is 15.4 Å². The quantitative estimate of drug-likeness (QED) is 0.781. The van der Waals surface area contributed by atoms with Crippen molar-refractivity contribution < 1.29 is 18.0 Å². The van der Waals surface area contributed by atoms with Gasteiger partial charge in [0.2, 0.25) is 10.0 Å². The Morgan fingerprint density at radius 2 is 1.55 bits per heavy atom. The maximum absolute atomic E-state index is 12.9. The van der Waals surface area contributed by atoms with Gasteiger partial charge in [0.25, 0.3) is 11.8 Å². The molecule has 2 aromatic rings. The summed E-state index contributed by atoms with van der Waals surface area (Å²) in [6.45, 7) is 3.85. The standard InChI is InChI=1S/C21H27N3O4S/c1-14-11-18(12-19(15(14)2)29(27,28)23(4)5)21(26)24(6)13-16-7-9-17(10-8-16)20(25)22-3/h7-12H,13H2,1-6H3,(H,22,25). The van der Waals surface area contributed by atoms with E-state index in [2.05, 4.69) is 5.32 Å². The third kappa shape index (κ3) is 4.83. The lowest BCUT2D eigenvalue weighted by Gasteiger charge is -2.20. The lowest BCUT2D eigenvalue weighted by atomic mass is 10.0. The van der Waals surface area contributed by atoms with Crippen LogP contribution < -0.4 is 5.32 Å². The molecule has 0 unspecified atom stereocenters.